The molecule has 1 unspecified atom stereocenters. The molecule has 1 fully saturated rings. The third-order valence-corrected chi connectivity index (χ3v) is 5.09. The van der Waals surface area contributed by atoms with Gasteiger partial charge in [-0.05, 0) is 42.9 Å². The first-order valence-electron chi connectivity index (χ1n) is 6.87. The number of halogens is 1. The molecule has 1 aliphatic rings. The maximum atomic E-state index is 12.3. The predicted molar refractivity (Wildman–Crippen MR) is 85.2 cm³/mol. The van der Waals surface area contributed by atoms with Gasteiger partial charge in [0.15, 0.2) is 0 Å². The second kappa shape index (κ2) is 8.10. The SMILES string of the molecule is COCCc1ccc(S(=O)(=O)NC(CN)C2CC2)cc1.Cl. The summed E-state index contributed by atoms with van der Waals surface area (Å²) >= 11 is 0. The van der Waals surface area contributed by atoms with Gasteiger partial charge in [0.1, 0.15) is 0 Å². The lowest BCUT2D eigenvalue weighted by molar-refractivity contribution is 0.202. The third kappa shape index (κ3) is 5.23. The van der Waals surface area contributed by atoms with Crippen molar-refractivity contribution in [3.8, 4) is 0 Å². The van der Waals surface area contributed by atoms with Crippen LogP contribution in [0.5, 0.6) is 0 Å². The normalized spacial score (nSPS) is 16.3. The zero-order valence-corrected chi connectivity index (χ0v) is 13.8. The predicted octanol–water partition coefficient (Wildman–Crippen LogP) is 1.31. The van der Waals surface area contributed by atoms with Crippen molar-refractivity contribution in [2.45, 2.75) is 30.2 Å². The van der Waals surface area contributed by atoms with Gasteiger partial charge in [0.25, 0.3) is 0 Å². The zero-order valence-electron chi connectivity index (χ0n) is 12.1. The van der Waals surface area contributed by atoms with Crippen molar-refractivity contribution < 1.29 is 13.2 Å². The number of benzene rings is 1. The van der Waals surface area contributed by atoms with Crippen LogP contribution in [0.25, 0.3) is 0 Å². The summed E-state index contributed by atoms with van der Waals surface area (Å²) in [7, 11) is -1.83. The summed E-state index contributed by atoms with van der Waals surface area (Å²) in [6, 6.07) is 6.76. The minimum absolute atomic E-state index is 0. The second-order valence-electron chi connectivity index (χ2n) is 5.19. The van der Waals surface area contributed by atoms with Crippen LogP contribution in [0, 0.1) is 5.92 Å². The van der Waals surface area contributed by atoms with Gasteiger partial charge in [0.2, 0.25) is 10.0 Å². The molecule has 0 bridgehead atoms. The maximum absolute atomic E-state index is 12.3. The number of hydrogen-bond acceptors (Lipinski definition) is 4. The molecule has 1 aromatic carbocycles. The van der Waals surface area contributed by atoms with Crippen LogP contribution in [0.1, 0.15) is 18.4 Å². The maximum Gasteiger partial charge on any atom is 0.240 e. The van der Waals surface area contributed by atoms with E-state index < -0.39 is 10.0 Å². The largest absolute Gasteiger partial charge is 0.384 e. The number of ether oxygens (including phenoxy) is 1. The van der Waals surface area contributed by atoms with Crippen LogP contribution < -0.4 is 10.5 Å². The lowest BCUT2D eigenvalue weighted by Crippen LogP contribution is -2.41. The van der Waals surface area contributed by atoms with Crippen molar-refractivity contribution in [1.82, 2.24) is 4.72 Å². The Bertz CT molecular complexity index is 530. The van der Waals surface area contributed by atoms with Crippen molar-refractivity contribution in [3.63, 3.8) is 0 Å². The lowest BCUT2D eigenvalue weighted by atomic mass is 10.2. The molecule has 120 valence electrons. The van der Waals surface area contributed by atoms with Gasteiger partial charge in [0, 0.05) is 19.7 Å². The van der Waals surface area contributed by atoms with Gasteiger partial charge in [-0.3, -0.25) is 0 Å². The molecule has 5 nitrogen and oxygen atoms in total. The Morgan fingerprint density at radius 2 is 1.95 bits per heavy atom. The summed E-state index contributed by atoms with van der Waals surface area (Å²) in [5.74, 6) is 0.399. The van der Waals surface area contributed by atoms with Crippen LogP contribution in [-0.2, 0) is 21.2 Å². The summed E-state index contributed by atoms with van der Waals surface area (Å²) in [5.41, 5.74) is 6.70. The molecule has 0 amide bonds. The van der Waals surface area contributed by atoms with Crippen molar-refractivity contribution in [2.24, 2.45) is 11.7 Å². The average molecular weight is 335 g/mol. The minimum atomic E-state index is -3.48. The van der Waals surface area contributed by atoms with E-state index in [9.17, 15) is 8.42 Å². The van der Waals surface area contributed by atoms with Gasteiger partial charge in [-0.2, -0.15) is 0 Å². The Kier molecular flexibility index (Phi) is 7.09. The molecule has 3 N–H and O–H groups in total. The molecule has 0 aliphatic heterocycles. The molecular formula is C14H23ClN2O3S. The number of hydrogen-bond donors (Lipinski definition) is 2. The smallest absolute Gasteiger partial charge is 0.240 e. The Hall–Kier alpha value is -0.660. The van der Waals surface area contributed by atoms with E-state index in [2.05, 4.69) is 4.72 Å². The Labute approximate surface area is 132 Å². The molecule has 0 heterocycles. The first-order valence-corrected chi connectivity index (χ1v) is 8.35. The van der Waals surface area contributed by atoms with Gasteiger partial charge in [-0.1, -0.05) is 12.1 Å². The fourth-order valence-corrected chi connectivity index (χ4v) is 3.48. The third-order valence-electron chi connectivity index (χ3n) is 3.58. The quantitative estimate of drug-likeness (QED) is 0.751. The number of methoxy groups -OCH3 is 1. The molecular weight excluding hydrogens is 312 g/mol. The summed E-state index contributed by atoms with van der Waals surface area (Å²) in [6.45, 7) is 0.969. The molecule has 21 heavy (non-hydrogen) atoms. The number of sulfonamides is 1. The first-order chi connectivity index (χ1) is 9.56. The van der Waals surface area contributed by atoms with Crippen molar-refractivity contribution >= 4 is 22.4 Å². The molecule has 0 spiro atoms. The van der Waals surface area contributed by atoms with E-state index in [1.165, 1.54) is 0 Å². The van der Waals surface area contributed by atoms with Crippen molar-refractivity contribution in [1.29, 1.82) is 0 Å². The van der Waals surface area contributed by atoms with E-state index in [0.29, 0.717) is 19.1 Å². The van der Waals surface area contributed by atoms with E-state index in [1.807, 2.05) is 12.1 Å². The fraction of sp³-hybridized carbons (Fsp3) is 0.571. The average Bonchev–Trinajstić information content (AvgIpc) is 3.27. The van der Waals surface area contributed by atoms with Crippen LogP contribution in [0.4, 0.5) is 0 Å². The van der Waals surface area contributed by atoms with Gasteiger partial charge in [0.05, 0.1) is 11.5 Å². The Morgan fingerprint density at radius 3 is 2.43 bits per heavy atom. The van der Waals surface area contributed by atoms with E-state index in [0.717, 1.165) is 24.8 Å². The first kappa shape index (κ1) is 18.4. The van der Waals surface area contributed by atoms with Gasteiger partial charge in [-0.15, -0.1) is 12.4 Å². The van der Waals surface area contributed by atoms with Gasteiger partial charge in [-0.25, -0.2) is 13.1 Å². The molecule has 2 rings (SSSR count). The standard InChI is InChI=1S/C14H22N2O3S.ClH/c1-19-9-8-11-2-6-13(7-3-11)20(17,18)16-14(10-15)12-4-5-12;/h2-3,6-7,12,14,16H,4-5,8-10,15H2,1H3;1H. The van der Waals surface area contributed by atoms with E-state index in [1.54, 1.807) is 19.2 Å². The molecule has 1 aliphatic carbocycles. The van der Waals surface area contributed by atoms with Gasteiger partial charge >= 0.3 is 0 Å². The van der Waals surface area contributed by atoms with Crippen molar-refractivity contribution in [3.05, 3.63) is 29.8 Å². The summed E-state index contributed by atoms with van der Waals surface area (Å²) in [5, 5.41) is 0. The van der Waals surface area contributed by atoms with E-state index in [-0.39, 0.29) is 23.3 Å². The fourth-order valence-electron chi connectivity index (χ4n) is 2.16. The van der Waals surface area contributed by atoms with E-state index >= 15 is 0 Å². The van der Waals surface area contributed by atoms with Crippen LogP contribution in [0.15, 0.2) is 29.2 Å². The van der Waals surface area contributed by atoms with Crippen LogP contribution in [-0.4, -0.2) is 34.7 Å². The number of nitrogens with one attached hydrogen (secondary N) is 1. The highest BCUT2D eigenvalue weighted by atomic mass is 35.5. The number of rotatable bonds is 8. The Balaban J connectivity index is 0.00000220. The Morgan fingerprint density at radius 1 is 1.33 bits per heavy atom. The topological polar surface area (TPSA) is 81.4 Å². The molecule has 0 aromatic heterocycles. The zero-order chi connectivity index (χ0) is 14.6. The highest BCUT2D eigenvalue weighted by Crippen LogP contribution is 2.32. The molecule has 0 saturated heterocycles. The van der Waals surface area contributed by atoms with Crippen molar-refractivity contribution in [2.75, 3.05) is 20.3 Å². The monoisotopic (exact) mass is 334 g/mol. The molecule has 0 radical (unpaired) electrons. The second-order valence-corrected chi connectivity index (χ2v) is 6.90. The van der Waals surface area contributed by atoms with Crippen LogP contribution >= 0.6 is 12.4 Å². The molecule has 1 aromatic rings. The summed E-state index contributed by atoms with van der Waals surface area (Å²) in [6.07, 6.45) is 2.89. The summed E-state index contributed by atoms with van der Waals surface area (Å²) < 4.78 is 32.2. The number of nitrogens with two attached hydrogens (primary N) is 1. The van der Waals surface area contributed by atoms with E-state index in [4.69, 9.17) is 10.5 Å². The molecule has 7 heteroatoms. The van der Waals surface area contributed by atoms with Gasteiger partial charge < -0.3 is 10.5 Å². The highest BCUT2D eigenvalue weighted by Gasteiger charge is 2.33. The van der Waals surface area contributed by atoms with Crippen LogP contribution in [0.3, 0.4) is 0 Å². The molecule has 1 saturated carbocycles. The highest BCUT2D eigenvalue weighted by molar-refractivity contribution is 7.89. The summed E-state index contributed by atoms with van der Waals surface area (Å²) in [4.78, 5) is 0.290. The minimum Gasteiger partial charge on any atom is -0.384 e. The lowest BCUT2D eigenvalue weighted by Gasteiger charge is -2.16. The van der Waals surface area contributed by atoms with Crippen LogP contribution in [0.2, 0.25) is 0 Å². The molecule has 1 atom stereocenters.